The summed E-state index contributed by atoms with van der Waals surface area (Å²) in [6.45, 7) is 6.97. The molecule has 0 unspecified atom stereocenters. The van der Waals surface area contributed by atoms with Crippen LogP contribution in [0.25, 0.3) is 0 Å². The van der Waals surface area contributed by atoms with E-state index in [0.29, 0.717) is 5.41 Å². The van der Waals surface area contributed by atoms with Gasteiger partial charge in [-0.25, -0.2) is 0 Å². The molecular weight excluding hydrogens is 156 g/mol. The molecule has 0 heteroatoms. The fourth-order valence-electron chi connectivity index (χ4n) is 2.47. The first-order chi connectivity index (χ1) is 6.15. The van der Waals surface area contributed by atoms with Gasteiger partial charge in [-0.3, -0.25) is 0 Å². The predicted octanol–water partition coefficient (Wildman–Crippen LogP) is 3.47. The number of hydrogen-bond donors (Lipinski definition) is 0. The van der Waals surface area contributed by atoms with E-state index >= 15 is 0 Å². The number of rotatable bonds is 1. The Morgan fingerprint density at radius 1 is 1.31 bits per heavy atom. The second-order valence-electron chi connectivity index (χ2n) is 4.68. The molecule has 0 amide bonds. The fourth-order valence-corrected chi connectivity index (χ4v) is 2.47. The largest absolute Gasteiger partial charge is 0.0617 e. The van der Waals surface area contributed by atoms with Gasteiger partial charge in [-0.2, -0.15) is 0 Å². The van der Waals surface area contributed by atoms with Gasteiger partial charge in [0.1, 0.15) is 0 Å². The highest BCUT2D eigenvalue weighted by molar-refractivity contribution is 5.43. The molecule has 70 valence electrons. The number of hydrogen-bond acceptors (Lipinski definition) is 0. The van der Waals surface area contributed by atoms with Crippen molar-refractivity contribution in [1.29, 1.82) is 0 Å². The van der Waals surface area contributed by atoms with Crippen LogP contribution >= 0.6 is 0 Å². The summed E-state index contributed by atoms with van der Waals surface area (Å²) in [7, 11) is 0. The van der Waals surface area contributed by atoms with Gasteiger partial charge in [0.2, 0.25) is 0 Å². The van der Waals surface area contributed by atoms with E-state index in [4.69, 9.17) is 0 Å². The van der Waals surface area contributed by atoms with Crippen molar-refractivity contribution in [3.05, 3.63) is 34.9 Å². The highest BCUT2D eigenvalue weighted by Crippen LogP contribution is 2.39. The summed E-state index contributed by atoms with van der Waals surface area (Å²) in [6, 6.07) is 6.80. The summed E-state index contributed by atoms with van der Waals surface area (Å²) in [5.41, 5.74) is 5.20. The van der Waals surface area contributed by atoms with Crippen LogP contribution in [0.15, 0.2) is 18.2 Å². The molecule has 2 rings (SSSR count). The van der Waals surface area contributed by atoms with Crippen LogP contribution in [0, 0.1) is 0 Å². The molecule has 1 aliphatic rings. The van der Waals surface area contributed by atoms with Gasteiger partial charge in [-0.15, -0.1) is 0 Å². The van der Waals surface area contributed by atoms with Crippen LogP contribution in [0.3, 0.4) is 0 Å². The summed E-state index contributed by atoms with van der Waals surface area (Å²) in [6.07, 6.45) is 3.78. The van der Waals surface area contributed by atoms with Crippen LogP contribution in [-0.4, -0.2) is 0 Å². The monoisotopic (exact) mass is 174 g/mol. The molecular formula is C13H18. The number of benzene rings is 1. The third kappa shape index (κ3) is 1.29. The Morgan fingerprint density at radius 2 is 2.08 bits per heavy atom. The zero-order valence-electron chi connectivity index (χ0n) is 8.85. The van der Waals surface area contributed by atoms with Gasteiger partial charge < -0.3 is 0 Å². The molecule has 13 heavy (non-hydrogen) atoms. The van der Waals surface area contributed by atoms with Crippen molar-refractivity contribution in [3.8, 4) is 0 Å². The normalized spacial score (nSPS) is 18.7. The van der Waals surface area contributed by atoms with Crippen LogP contribution in [0.1, 0.15) is 43.9 Å². The minimum atomic E-state index is 0.417. The van der Waals surface area contributed by atoms with Crippen molar-refractivity contribution < 1.29 is 0 Å². The molecule has 0 spiro atoms. The Kier molecular flexibility index (Phi) is 1.94. The summed E-state index contributed by atoms with van der Waals surface area (Å²) >= 11 is 0. The zero-order chi connectivity index (χ0) is 9.47. The lowest BCUT2D eigenvalue weighted by atomic mass is 9.86. The van der Waals surface area contributed by atoms with E-state index < -0.39 is 0 Å². The van der Waals surface area contributed by atoms with E-state index in [2.05, 4.69) is 39.0 Å². The van der Waals surface area contributed by atoms with Gasteiger partial charge in [0.05, 0.1) is 0 Å². The first-order valence-electron chi connectivity index (χ1n) is 5.26. The van der Waals surface area contributed by atoms with E-state index in [1.807, 2.05) is 0 Å². The molecule has 1 aromatic rings. The van der Waals surface area contributed by atoms with Crippen LogP contribution in [0.2, 0.25) is 0 Å². The molecule has 0 saturated heterocycles. The van der Waals surface area contributed by atoms with E-state index in [1.54, 1.807) is 16.7 Å². The minimum absolute atomic E-state index is 0.417. The van der Waals surface area contributed by atoms with Gasteiger partial charge >= 0.3 is 0 Å². The van der Waals surface area contributed by atoms with E-state index in [0.717, 1.165) is 0 Å². The Morgan fingerprint density at radius 3 is 2.77 bits per heavy atom. The minimum Gasteiger partial charge on any atom is -0.0617 e. The van der Waals surface area contributed by atoms with Crippen LogP contribution in [0.5, 0.6) is 0 Å². The quantitative estimate of drug-likeness (QED) is 0.611. The summed E-state index contributed by atoms with van der Waals surface area (Å²) in [4.78, 5) is 0. The zero-order valence-corrected chi connectivity index (χ0v) is 8.85. The highest BCUT2D eigenvalue weighted by Gasteiger charge is 2.30. The lowest BCUT2D eigenvalue weighted by Gasteiger charge is -2.19. The Labute approximate surface area is 81.0 Å². The van der Waals surface area contributed by atoms with Crippen molar-refractivity contribution in [2.45, 2.75) is 45.4 Å². The molecule has 1 aliphatic carbocycles. The van der Waals surface area contributed by atoms with Crippen LogP contribution < -0.4 is 0 Å². The Hall–Kier alpha value is -0.780. The maximum atomic E-state index is 2.36. The molecule has 0 atom stereocenters. The topological polar surface area (TPSA) is 0 Å². The summed E-state index contributed by atoms with van der Waals surface area (Å²) in [5, 5.41) is 0. The molecule has 1 aromatic carbocycles. The third-order valence-corrected chi connectivity index (χ3v) is 3.38. The average molecular weight is 174 g/mol. The molecule has 0 heterocycles. The van der Waals surface area contributed by atoms with Gasteiger partial charge in [0.25, 0.3) is 0 Å². The van der Waals surface area contributed by atoms with Gasteiger partial charge in [-0.05, 0) is 41.4 Å². The molecule has 0 aromatic heterocycles. The van der Waals surface area contributed by atoms with E-state index in [9.17, 15) is 0 Å². The summed E-state index contributed by atoms with van der Waals surface area (Å²) in [5.74, 6) is 0. The second-order valence-corrected chi connectivity index (χ2v) is 4.68. The Bertz CT molecular complexity index is 321. The SMILES string of the molecule is CCc1cccc2c1CCC2(C)C. The molecule has 0 aliphatic heterocycles. The number of aryl methyl sites for hydroxylation is 1. The molecule has 0 radical (unpaired) electrons. The first-order valence-corrected chi connectivity index (χ1v) is 5.26. The maximum Gasteiger partial charge on any atom is -0.00976 e. The Balaban J connectivity index is 2.56. The number of fused-ring (bicyclic) bond motifs is 1. The second kappa shape index (κ2) is 2.87. The molecule has 0 bridgehead atoms. The van der Waals surface area contributed by atoms with Crippen LogP contribution in [0.4, 0.5) is 0 Å². The fraction of sp³-hybridized carbons (Fsp3) is 0.538. The lowest BCUT2D eigenvalue weighted by Crippen LogP contribution is -2.11. The van der Waals surface area contributed by atoms with Gasteiger partial charge in [0.15, 0.2) is 0 Å². The van der Waals surface area contributed by atoms with Crippen LogP contribution in [-0.2, 0) is 18.3 Å². The standard InChI is InChI=1S/C13H18/c1-4-10-6-5-7-12-11(10)8-9-13(12,2)3/h5-7H,4,8-9H2,1-3H3. The van der Waals surface area contributed by atoms with Crippen molar-refractivity contribution >= 4 is 0 Å². The van der Waals surface area contributed by atoms with Crippen molar-refractivity contribution in [3.63, 3.8) is 0 Å². The molecule has 0 N–H and O–H groups in total. The van der Waals surface area contributed by atoms with Gasteiger partial charge in [0, 0.05) is 0 Å². The van der Waals surface area contributed by atoms with Crippen molar-refractivity contribution in [2.75, 3.05) is 0 Å². The average Bonchev–Trinajstić information content (AvgIpc) is 2.43. The maximum absolute atomic E-state index is 2.36. The van der Waals surface area contributed by atoms with Crippen molar-refractivity contribution in [2.24, 2.45) is 0 Å². The highest BCUT2D eigenvalue weighted by atomic mass is 14.3. The van der Waals surface area contributed by atoms with E-state index in [1.165, 1.54) is 19.3 Å². The first kappa shape index (κ1) is 8.80. The molecule has 0 nitrogen and oxygen atoms in total. The van der Waals surface area contributed by atoms with Crippen molar-refractivity contribution in [1.82, 2.24) is 0 Å². The van der Waals surface area contributed by atoms with E-state index in [-0.39, 0.29) is 0 Å². The van der Waals surface area contributed by atoms with Gasteiger partial charge in [-0.1, -0.05) is 39.0 Å². The summed E-state index contributed by atoms with van der Waals surface area (Å²) < 4.78 is 0. The third-order valence-electron chi connectivity index (χ3n) is 3.38. The smallest absolute Gasteiger partial charge is 0.00976 e. The molecule has 0 saturated carbocycles. The molecule has 0 fully saturated rings. The lowest BCUT2D eigenvalue weighted by molar-refractivity contribution is 0.522. The predicted molar refractivity (Wildman–Crippen MR) is 57.2 cm³/mol.